The topological polar surface area (TPSA) is 90.8 Å². The van der Waals surface area contributed by atoms with E-state index in [1.807, 2.05) is 34.1 Å². The molecule has 2 N–H and O–H groups in total. The van der Waals surface area contributed by atoms with Crippen molar-refractivity contribution < 1.29 is 9.72 Å². The van der Waals surface area contributed by atoms with Gasteiger partial charge in [-0.25, -0.2) is 10.9 Å². The molecular weight excluding hydrogens is 438 g/mol. The van der Waals surface area contributed by atoms with Gasteiger partial charge in [0, 0.05) is 42.8 Å². The Morgan fingerprint density at radius 2 is 1.72 bits per heavy atom. The summed E-state index contributed by atoms with van der Waals surface area (Å²) >= 11 is 3.44. The standard InChI is InChI=1S/C20H22BrN5O3/c21-15-7-5-14(6-8-15)16-13-17(23-22-16)20(27)25-11-9-24(10-12-25)18-3-1-2-4-19(18)26(28)29/h1-8,16-17,22-23H,9-13H2. The number of rotatable bonds is 4. The first-order chi connectivity index (χ1) is 14.0. The number of halogens is 1. The SMILES string of the molecule is O=C(C1CC(c2ccc(Br)cc2)NN1)N1CCN(c2ccccc2[N+](=O)[O-])CC1. The van der Waals surface area contributed by atoms with Crippen LogP contribution in [-0.2, 0) is 4.79 Å². The van der Waals surface area contributed by atoms with E-state index in [0.717, 1.165) is 10.0 Å². The number of nitro groups is 1. The maximum Gasteiger partial charge on any atom is 0.292 e. The first kappa shape index (κ1) is 19.8. The van der Waals surface area contributed by atoms with E-state index < -0.39 is 0 Å². The van der Waals surface area contributed by atoms with Gasteiger partial charge in [0.1, 0.15) is 11.7 Å². The Balaban J connectivity index is 1.35. The predicted octanol–water partition coefficient (Wildman–Crippen LogP) is 2.61. The second-order valence-corrected chi connectivity index (χ2v) is 8.15. The van der Waals surface area contributed by atoms with Gasteiger partial charge in [-0.2, -0.15) is 0 Å². The summed E-state index contributed by atoms with van der Waals surface area (Å²) in [6.45, 7) is 2.25. The maximum atomic E-state index is 12.9. The second kappa shape index (κ2) is 8.48. The van der Waals surface area contributed by atoms with E-state index in [4.69, 9.17) is 0 Å². The van der Waals surface area contributed by atoms with Crippen molar-refractivity contribution in [2.45, 2.75) is 18.5 Å². The smallest absolute Gasteiger partial charge is 0.292 e. The van der Waals surface area contributed by atoms with Gasteiger partial charge in [-0.05, 0) is 30.2 Å². The van der Waals surface area contributed by atoms with Gasteiger partial charge in [0.25, 0.3) is 5.69 Å². The summed E-state index contributed by atoms with van der Waals surface area (Å²) in [4.78, 5) is 27.7. The summed E-state index contributed by atoms with van der Waals surface area (Å²) in [6, 6.07) is 14.6. The third-order valence-corrected chi connectivity index (χ3v) is 6.01. The average molecular weight is 460 g/mol. The number of nitrogens with one attached hydrogen (secondary N) is 2. The zero-order chi connectivity index (χ0) is 20.4. The van der Waals surface area contributed by atoms with E-state index in [-0.39, 0.29) is 28.6 Å². The van der Waals surface area contributed by atoms with Crippen LogP contribution in [0.4, 0.5) is 11.4 Å². The van der Waals surface area contributed by atoms with Gasteiger partial charge in [0.2, 0.25) is 5.91 Å². The monoisotopic (exact) mass is 459 g/mol. The predicted molar refractivity (Wildman–Crippen MR) is 113 cm³/mol. The van der Waals surface area contributed by atoms with Crippen LogP contribution in [0.5, 0.6) is 0 Å². The molecule has 0 aliphatic carbocycles. The molecule has 1 amide bonds. The van der Waals surface area contributed by atoms with Crippen LogP contribution in [-0.4, -0.2) is 48.0 Å². The molecule has 0 bridgehead atoms. The molecule has 152 valence electrons. The lowest BCUT2D eigenvalue weighted by Gasteiger charge is -2.36. The number of hydrogen-bond acceptors (Lipinski definition) is 6. The van der Waals surface area contributed by atoms with Crippen LogP contribution < -0.4 is 15.8 Å². The van der Waals surface area contributed by atoms with Crippen LogP contribution in [0.3, 0.4) is 0 Å². The number of carbonyl (C=O) groups is 1. The molecule has 2 atom stereocenters. The molecule has 4 rings (SSSR count). The molecular formula is C20H22BrN5O3. The lowest BCUT2D eigenvalue weighted by molar-refractivity contribution is -0.384. The number of hydrazine groups is 1. The fourth-order valence-corrected chi connectivity index (χ4v) is 4.17. The van der Waals surface area contributed by atoms with E-state index in [1.54, 1.807) is 18.2 Å². The first-order valence-electron chi connectivity index (χ1n) is 9.56. The van der Waals surface area contributed by atoms with Crippen molar-refractivity contribution in [1.29, 1.82) is 0 Å². The normalized spacial score (nSPS) is 22.0. The summed E-state index contributed by atoms with van der Waals surface area (Å²) in [5, 5.41) is 11.3. The Labute approximate surface area is 177 Å². The molecule has 0 spiro atoms. The highest BCUT2D eigenvalue weighted by molar-refractivity contribution is 9.10. The van der Waals surface area contributed by atoms with Gasteiger partial charge >= 0.3 is 0 Å². The van der Waals surface area contributed by atoms with Crippen molar-refractivity contribution in [1.82, 2.24) is 15.8 Å². The van der Waals surface area contributed by atoms with Crippen molar-refractivity contribution in [3.63, 3.8) is 0 Å². The number of benzene rings is 2. The van der Waals surface area contributed by atoms with Crippen LogP contribution in [0, 0.1) is 10.1 Å². The molecule has 0 saturated carbocycles. The minimum absolute atomic E-state index is 0.0688. The summed E-state index contributed by atoms with van der Waals surface area (Å²) in [5.74, 6) is 0.0688. The van der Waals surface area contributed by atoms with Crippen molar-refractivity contribution in [3.05, 3.63) is 68.7 Å². The highest BCUT2D eigenvalue weighted by atomic mass is 79.9. The van der Waals surface area contributed by atoms with E-state index >= 15 is 0 Å². The zero-order valence-corrected chi connectivity index (χ0v) is 17.3. The van der Waals surface area contributed by atoms with Crippen molar-refractivity contribution in [2.75, 3.05) is 31.1 Å². The number of para-hydroxylation sites is 2. The van der Waals surface area contributed by atoms with Crippen molar-refractivity contribution in [2.24, 2.45) is 0 Å². The first-order valence-corrected chi connectivity index (χ1v) is 10.4. The largest absolute Gasteiger partial charge is 0.362 e. The molecule has 0 aromatic heterocycles. The third-order valence-electron chi connectivity index (χ3n) is 5.48. The number of nitrogens with zero attached hydrogens (tertiary/aromatic N) is 3. The maximum absolute atomic E-state index is 12.9. The third kappa shape index (κ3) is 4.26. The minimum Gasteiger partial charge on any atom is -0.362 e. The Bertz CT molecular complexity index is 899. The minimum atomic E-state index is -0.358. The van der Waals surface area contributed by atoms with Crippen molar-refractivity contribution in [3.8, 4) is 0 Å². The Morgan fingerprint density at radius 3 is 2.41 bits per heavy atom. The Kier molecular flexibility index (Phi) is 5.79. The highest BCUT2D eigenvalue weighted by Gasteiger charge is 2.34. The zero-order valence-electron chi connectivity index (χ0n) is 15.8. The molecule has 2 heterocycles. The van der Waals surface area contributed by atoms with Gasteiger partial charge in [0.05, 0.1) is 4.92 Å². The van der Waals surface area contributed by atoms with Gasteiger partial charge < -0.3 is 9.80 Å². The van der Waals surface area contributed by atoms with Crippen LogP contribution in [0.25, 0.3) is 0 Å². The number of amides is 1. The van der Waals surface area contributed by atoms with Gasteiger partial charge in [-0.3, -0.25) is 14.9 Å². The fourth-order valence-electron chi connectivity index (χ4n) is 3.91. The Morgan fingerprint density at radius 1 is 1.03 bits per heavy atom. The highest BCUT2D eigenvalue weighted by Crippen LogP contribution is 2.29. The number of piperazine rings is 1. The van der Waals surface area contributed by atoms with E-state index in [0.29, 0.717) is 38.3 Å². The molecule has 2 saturated heterocycles. The number of hydrogen-bond donors (Lipinski definition) is 2. The molecule has 2 aliphatic heterocycles. The van der Waals surface area contributed by atoms with Crippen LogP contribution in [0.2, 0.25) is 0 Å². The summed E-state index contributed by atoms with van der Waals surface area (Å²) < 4.78 is 1.02. The summed E-state index contributed by atoms with van der Waals surface area (Å²) in [7, 11) is 0. The van der Waals surface area contributed by atoms with E-state index in [1.165, 1.54) is 6.07 Å². The van der Waals surface area contributed by atoms with Gasteiger partial charge in [-0.1, -0.05) is 40.2 Å². The summed E-state index contributed by atoms with van der Waals surface area (Å²) in [6.07, 6.45) is 0.685. The molecule has 2 fully saturated rings. The van der Waals surface area contributed by atoms with Crippen LogP contribution >= 0.6 is 15.9 Å². The molecule has 2 aliphatic rings. The molecule has 8 nitrogen and oxygen atoms in total. The molecule has 29 heavy (non-hydrogen) atoms. The fraction of sp³-hybridized carbons (Fsp3) is 0.350. The lowest BCUT2D eigenvalue weighted by atomic mass is 10.0. The quantitative estimate of drug-likeness (QED) is 0.539. The van der Waals surface area contributed by atoms with Crippen molar-refractivity contribution >= 4 is 33.2 Å². The lowest BCUT2D eigenvalue weighted by Crippen LogP contribution is -2.53. The van der Waals surface area contributed by atoms with Crippen LogP contribution in [0.1, 0.15) is 18.0 Å². The number of carbonyl (C=O) groups excluding carboxylic acids is 1. The average Bonchev–Trinajstić information content (AvgIpc) is 3.24. The van der Waals surface area contributed by atoms with Gasteiger partial charge in [-0.15, -0.1) is 0 Å². The van der Waals surface area contributed by atoms with E-state index in [2.05, 4.69) is 26.8 Å². The number of nitro benzene ring substituents is 1. The number of anilines is 1. The van der Waals surface area contributed by atoms with E-state index in [9.17, 15) is 14.9 Å². The van der Waals surface area contributed by atoms with Gasteiger partial charge in [0.15, 0.2) is 0 Å². The van der Waals surface area contributed by atoms with Crippen LogP contribution in [0.15, 0.2) is 53.0 Å². The molecule has 2 aromatic rings. The molecule has 2 aromatic carbocycles. The Hall–Kier alpha value is -2.49. The summed E-state index contributed by atoms with van der Waals surface area (Å²) in [5.41, 5.74) is 8.20. The molecule has 0 radical (unpaired) electrons. The second-order valence-electron chi connectivity index (χ2n) is 7.24. The molecule has 2 unspecified atom stereocenters. The molecule has 9 heteroatoms.